The maximum Gasteiger partial charge on any atom is 0.326 e. The van der Waals surface area contributed by atoms with Gasteiger partial charge in [-0.1, -0.05) is 0 Å². The van der Waals surface area contributed by atoms with Gasteiger partial charge < -0.3 is 33.7 Å². The highest BCUT2D eigenvalue weighted by atomic mass is 16.7. The van der Waals surface area contributed by atoms with Crippen LogP contribution in [0.3, 0.4) is 0 Å². The lowest BCUT2D eigenvalue weighted by Crippen LogP contribution is -2.37. The fourth-order valence-electron chi connectivity index (χ4n) is 3.76. The maximum absolute atomic E-state index is 11.8. The summed E-state index contributed by atoms with van der Waals surface area (Å²) in [6, 6.07) is -0.626. The van der Waals surface area contributed by atoms with Crippen molar-refractivity contribution < 1.29 is 33.6 Å². The minimum absolute atomic E-state index is 0.349. The lowest BCUT2D eigenvalue weighted by molar-refractivity contribution is -0.138. The van der Waals surface area contributed by atoms with Gasteiger partial charge in [-0.2, -0.15) is 0 Å². The molecule has 1 fully saturated rings. The van der Waals surface area contributed by atoms with Crippen LogP contribution in [0.5, 0.6) is 17.2 Å². The number of aliphatic carboxylic acids is 1. The molecule has 2 rings (SSSR count). The average Bonchev–Trinajstić information content (AvgIpc) is 3.15. The Labute approximate surface area is 159 Å². The van der Waals surface area contributed by atoms with Crippen LogP contribution in [0.4, 0.5) is 5.69 Å². The van der Waals surface area contributed by atoms with Gasteiger partial charge in [-0.15, -0.1) is 0 Å². The Balaban J connectivity index is 2.77. The molecular formula is C19H29NO7. The summed E-state index contributed by atoms with van der Waals surface area (Å²) in [6.07, 6.45) is 1.18. The molecule has 8 nitrogen and oxygen atoms in total. The van der Waals surface area contributed by atoms with Gasteiger partial charge in [0, 0.05) is 38.3 Å². The molecule has 1 aromatic rings. The molecule has 1 heterocycles. The summed E-state index contributed by atoms with van der Waals surface area (Å²) in [6.45, 7) is 2.48. The maximum atomic E-state index is 11.8. The molecule has 0 radical (unpaired) electrons. The molecule has 1 unspecified atom stereocenters. The molecule has 1 N–H and O–H groups in total. The van der Waals surface area contributed by atoms with Gasteiger partial charge in [-0.25, -0.2) is 4.79 Å². The predicted molar refractivity (Wildman–Crippen MR) is 100 cm³/mol. The monoisotopic (exact) mass is 383 g/mol. The van der Waals surface area contributed by atoms with Gasteiger partial charge in [0.2, 0.25) is 0 Å². The van der Waals surface area contributed by atoms with E-state index in [9.17, 15) is 9.90 Å². The van der Waals surface area contributed by atoms with E-state index in [2.05, 4.69) is 0 Å². The minimum atomic E-state index is -0.858. The Hall–Kier alpha value is -2.19. The Morgan fingerprint density at radius 1 is 1.07 bits per heavy atom. The summed E-state index contributed by atoms with van der Waals surface area (Å²) >= 11 is 0. The Morgan fingerprint density at radius 3 is 2.15 bits per heavy atom. The number of hydrogen-bond donors (Lipinski definition) is 1. The third-order valence-electron chi connectivity index (χ3n) is 5.00. The first-order chi connectivity index (χ1) is 12.9. The highest BCUT2D eigenvalue weighted by molar-refractivity contribution is 5.84. The van der Waals surface area contributed by atoms with Crippen molar-refractivity contribution in [3.63, 3.8) is 0 Å². The highest BCUT2D eigenvalue weighted by Gasteiger charge is 2.37. The van der Waals surface area contributed by atoms with Crippen LogP contribution >= 0.6 is 0 Å². The van der Waals surface area contributed by atoms with E-state index in [4.69, 9.17) is 23.7 Å². The van der Waals surface area contributed by atoms with Crippen molar-refractivity contribution in [2.24, 2.45) is 0 Å². The molecule has 0 saturated carbocycles. The largest absolute Gasteiger partial charge is 0.494 e. The SMILES string of the molecule is COc1c(C)c(OC)c(N2CCCC2C(=O)O)c(CC(OC)OC)c1OC. The van der Waals surface area contributed by atoms with E-state index >= 15 is 0 Å². The molecule has 0 aromatic heterocycles. The standard InChI is InChI=1S/C19H29NO7/c1-11-16(25-4)15(20-9-7-8-13(20)19(21)22)12(10-14(23-2)24-3)18(27-6)17(11)26-5/h13-14H,7-10H2,1-6H3,(H,21,22). The van der Waals surface area contributed by atoms with E-state index in [1.165, 1.54) is 0 Å². The van der Waals surface area contributed by atoms with Crippen LogP contribution in [-0.2, 0) is 20.7 Å². The average molecular weight is 383 g/mol. The van der Waals surface area contributed by atoms with Crippen LogP contribution in [-0.4, -0.2) is 65.5 Å². The summed E-state index contributed by atoms with van der Waals surface area (Å²) in [4.78, 5) is 13.7. The quantitative estimate of drug-likeness (QED) is 0.650. The Morgan fingerprint density at radius 2 is 1.67 bits per heavy atom. The molecule has 1 aromatic carbocycles. The van der Waals surface area contributed by atoms with Crippen LogP contribution in [0.15, 0.2) is 0 Å². The first-order valence-electron chi connectivity index (χ1n) is 8.81. The molecule has 0 bridgehead atoms. The van der Waals surface area contributed by atoms with Crippen LogP contribution in [0.1, 0.15) is 24.0 Å². The molecular weight excluding hydrogens is 354 g/mol. The number of methoxy groups -OCH3 is 5. The summed E-state index contributed by atoms with van der Waals surface area (Å²) in [5.41, 5.74) is 2.17. The van der Waals surface area contributed by atoms with Gasteiger partial charge >= 0.3 is 5.97 Å². The zero-order valence-corrected chi connectivity index (χ0v) is 16.8. The second-order valence-corrected chi connectivity index (χ2v) is 6.35. The second kappa shape index (κ2) is 9.14. The first-order valence-corrected chi connectivity index (χ1v) is 8.81. The van der Waals surface area contributed by atoms with E-state index in [1.54, 1.807) is 35.5 Å². The predicted octanol–water partition coefficient (Wildman–Crippen LogP) is 2.24. The number of nitrogens with zero attached hydrogens (tertiary/aromatic N) is 1. The van der Waals surface area contributed by atoms with Crippen LogP contribution in [0, 0.1) is 6.92 Å². The zero-order valence-electron chi connectivity index (χ0n) is 16.8. The Bertz CT molecular complexity index is 673. The highest BCUT2D eigenvalue weighted by Crippen LogP contribution is 2.50. The van der Waals surface area contributed by atoms with E-state index in [0.717, 1.165) is 17.5 Å². The van der Waals surface area contributed by atoms with E-state index in [-0.39, 0.29) is 0 Å². The van der Waals surface area contributed by atoms with Crippen molar-refractivity contribution in [3.8, 4) is 17.2 Å². The fraction of sp³-hybridized carbons (Fsp3) is 0.632. The van der Waals surface area contributed by atoms with Crippen molar-refractivity contribution in [2.75, 3.05) is 47.0 Å². The van der Waals surface area contributed by atoms with Crippen molar-refractivity contribution in [2.45, 2.75) is 38.5 Å². The molecule has 0 amide bonds. The van der Waals surface area contributed by atoms with Gasteiger partial charge in [-0.3, -0.25) is 0 Å². The molecule has 8 heteroatoms. The molecule has 1 atom stereocenters. The number of ether oxygens (including phenoxy) is 5. The summed E-state index contributed by atoms with van der Waals surface area (Å²) in [5, 5.41) is 9.68. The lowest BCUT2D eigenvalue weighted by Gasteiger charge is -2.31. The van der Waals surface area contributed by atoms with Crippen molar-refractivity contribution in [1.29, 1.82) is 0 Å². The fourth-order valence-corrected chi connectivity index (χ4v) is 3.76. The number of anilines is 1. The summed E-state index contributed by atoms with van der Waals surface area (Å²) in [5.74, 6) is 0.788. The normalized spacial score (nSPS) is 16.7. The van der Waals surface area contributed by atoms with E-state index in [1.807, 2.05) is 11.8 Å². The molecule has 152 valence electrons. The van der Waals surface area contributed by atoms with Gasteiger partial charge in [0.15, 0.2) is 17.8 Å². The van der Waals surface area contributed by atoms with E-state index < -0.39 is 18.3 Å². The summed E-state index contributed by atoms with van der Waals surface area (Å²) < 4.78 is 27.7. The summed E-state index contributed by atoms with van der Waals surface area (Å²) in [7, 11) is 7.80. The second-order valence-electron chi connectivity index (χ2n) is 6.35. The lowest BCUT2D eigenvalue weighted by atomic mass is 10.00. The van der Waals surface area contributed by atoms with Crippen molar-refractivity contribution in [1.82, 2.24) is 0 Å². The number of benzene rings is 1. The third kappa shape index (κ3) is 3.91. The number of rotatable bonds is 9. The topological polar surface area (TPSA) is 86.7 Å². The zero-order chi connectivity index (χ0) is 20.1. The smallest absolute Gasteiger partial charge is 0.326 e. The molecule has 1 aliphatic heterocycles. The molecule has 27 heavy (non-hydrogen) atoms. The van der Waals surface area contributed by atoms with Gasteiger partial charge in [0.1, 0.15) is 11.8 Å². The van der Waals surface area contributed by atoms with Crippen LogP contribution in [0.2, 0.25) is 0 Å². The van der Waals surface area contributed by atoms with Crippen LogP contribution < -0.4 is 19.1 Å². The minimum Gasteiger partial charge on any atom is -0.494 e. The van der Waals surface area contributed by atoms with Gasteiger partial charge in [-0.05, 0) is 19.8 Å². The number of carbonyl (C=O) groups is 1. The number of carboxylic acid groups (broad SMARTS) is 1. The number of hydrogen-bond acceptors (Lipinski definition) is 7. The van der Waals surface area contributed by atoms with Crippen LogP contribution in [0.25, 0.3) is 0 Å². The molecule has 0 spiro atoms. The van der Waals surface area contributed by atoms with Crippen molar-refractivity contribution >= 4 is 11.7 Å². The Kier molecular flexibility index (Phi) is 7.15. The van der Waals surface area contributed by atoms with Gasteiger partial charge in [0.25, 0.3) is 0 Å². The number of carboxylic acids is 1. The molecule has 1 saturated heterocycles. The molecule has 0 aliphatic carbocycles. The van der Waals surface area contributed by atoms with Crippen molar-refractivity contribution in [3.05, 3.63) is 11.1 Å². The van der Waals surface area contributed by atoms with E-state index in [0.29, 0.717) is 42.3 Å². The third-order valence-corrected chi connectivity index (χ3v) is 5.00. The molecule has 1 aliphatic rings. The first kappa shape index (κ1) is 21.1. The van der Waals surface area contributed by atoms with Gasteiger partial charge in [0.05, 0.1) is 27.0 Å².